The predicted molar refractivity (Wildman–Crippen MR) is 87.4 cm³/mol. The molecule has 3 aromatic rings. The first-order chi connectivity index (χ1) is 10.0. The molecule has 0 aliphatic rings. The molecule has 0 spiro atoms. The average molecular weight is 319 g/mol. The molecule has 0 aliphatic heterocycles. The number of anilines is 1. The number of nitrogen functional groups attached to an aromatic ring is 1. The van der Waals surface area contributed by atoms with E-state index in [9.17, 15) is 0 Å². The Bertz CT molecular complexity index is 834. The summed E-state index contributed by atoms with van der Waals surface area (Å²) >= 11 is 12.1. The third kappa shape index (κ3) is 2.89. The number of benzene rings is 2. The fourth-order valence-corrected chi connectivity index (χ4v) is 2.41. The maximum atomic E-state index is 6.14. The summed E-state index contributed by atoms with van der Waals surface area (Å²) in [6, 6.07) is 12.4. The third-order valence-electron chi connectivity index (χ3n) is 3.04. The van der Waals surface area contributed by atoms with Crippen molar-refractivity contribution in [1.82, 2.24) is 4.98 Å². The Morgan fingerprint density at radius 2 is 1.81 bits per heavy atom. The quantitative estimate of drug-likeness (QED) is 0.658. The minimum atomic E-state index is 0.492. The second-order valence-corrected chi connectivity index (χ2v) is 5.56. The summed E-state index contributed by atoms with van der Waals surface area (Å²) in [6.45, 7) is 1.90. The zero-order valence-corrected chi connectivity index (χ0v) is 12.7. The molecule has 0 unspecified atom stereocenters. The molecule has 0 bridgehead atoms. The number of ether oxygens (including phenoxy) is 1. The molecule has 0 fully saturated rings. The maximum absolute atomic E-state index is 6.14. The van der Waals surface area contributed by atoms with E-state index in [2.05, 4.69) is 4.98 Å². The minimum Gasteiger partial charge on any atom is -0.455 e. The second-order valence-electron chi connectivity index (χ2n) is 4.72. The van der Waals surface area contributed by atoms with Gasteiger partial charge in [0.25, 0.3) is 0 Å². The highest BCUT2D eigenvalue weighted by Crippen LogP contribution is 2.35. The molecule has 2 aromatic carbocycles. The van der Waals surface area contributed by atoms with Gasteiger partial charge in [0.05, 0.1) is 10.5 Å². The lowest BCUT2D eigenvalue weighted by Gasteiger charge is -2.12. The van der Waals surface area contributed by atoms with Crippen LogP contribution in [0.4, 0.5) is 5.69 Å². The van der Waals surface area contributed by atoms with E-state index in [1.165, 1.54) is 0 Å². The summed E-state index contributed by atoms with van der Waals surface area (Å²) in [6.07, 6.45) is 0. The Kier molecular flexibility index (Phi) is 3.62. The van der Waals surface area contributed by atoms with E-state index in [0.717, 1.165) is 16.6 Å². The number of hydrogen-bond acceptors (Lipinski definition) is 3. The van der Waals surface area contributed by atoms with Gasteiger partial charge in [0.1, 0.15) is 11.5 Å². The van der Waals surface area contributed by atoms with Crippen molar-refractivity contribution in [3.63, 3.8) is 0 Å². The SMILES string of the molecule is Cc1cc(Oc2cc(Cl)ccc2Cl)c2cc(N)ccc2n1. The summed E-state index contributed by atoms with van der Waals surface area (Å²) in [7, 11) is 0. The van der Waals surface area contributed by atoms with Gasteiger partial charge in [-0.15, -0.1) is 0 Å². The molecule has 0 saturated carbocycles. The monoisotopic (exact) mass is 318 g/mol. The van der Waals surface area contributed by atoms with Gasteiger partial charge in [-0.1, -0.05) is 23.2 Å². The molecule has 0 atom stereocenters. The number of hydrogen-bond donors (Lipinski definition) is 1. The summed E-state index contributed by atoms with van der Waals surface area (Å²) in [5.74, 6) is 1.15. The van der Waals surface area contributed by atoms with Crippen LogP contribution in [0.3, 0.4) is 0 Å². The number of pyridine rings is 1. The van der Waals surface area contributed by atoms with E-state index in [-0.39, 0.29) is 0 Å². The van der Waals surface area contributed by atoms with Gasteiger partial charge < -0.3 is 10.5 Å². The first-order valence-electron chi connectivity index (χ1n) is 6.33. The highest BCUT2D eigenvalue weighted by Gasteiger charge is 2.10. The molecule has 1 aromatic heterocycles. The lowest BCUT2D eigenvalue weighted by molar-refractivity contribution is 0.487. The van der Waals surface area contributed by atoms with Crippen LogP contribution < -0.4 is 10.5 Å². The van der Waals surface area contributed by atoms with E-state index < -0.39 is 0 Å². The summed E-state index contributed by atoms with van der Waals surface area (Å²) < 4.78 is 5.93. The van der Waals surface area contributed by atoms with Crippen LogP contribution in [-0.4, -0.2) is 4.98 Å². The summed E-state index contributed by atoms with van der Waals surface area (Å²) in [5.41, 5.74) is 8.16. The first-order valence-corrected chi connectivity index (χ1v) is 7.08. The molecule has 21 heavy (non-hydrogen) atoms. The van der Waals surface area contributed by atoms with E-state index in [1.807, 2.05) is 31.2 Å². The van der Waals surface area contributed by atoms with Gasteiger partial charge in [-0.2, -0.15) is 0 Å². The lowest BCUT2D eigenvalue weighted by Crippen LogP contribution is -1.93. The van der Waals surface area contributed by atoms with Crippen molar-refractivity contribution < 1.29 is 4.74 Å². The smallest absolute Gasteiger partial charge is 0.147 e. The minimum absolute atomic E-state index is 0.492. The molecule has 0 amide bonds. The van der Waals surface area contributed by atoms with Crippen LogP contribution in [0.15, 0.2) is 42.5 Å². The Morgan fingerprint density at radius 1 is 1.00 bits per heavy atom. The molecule has 106 valence electrons. The lowest BCUT2D eigenvalue weighted by atomic mass is 10.1. The fourth-order valence-electron chi connectivity index (χ4n) is 2.10. The Morgan fingerprint density at radius 3 is 2.62 bits per heavy atom. The van der Waals surface area contributed by atoms with Crippen LogP contribution in [0.25, 0.3) is 10.9 Å². The fraction of sp³-hybridized carbons (Fsp3) is 0.0625. The number of halogens is 2. The number of rotatable bonds is 2. The van der Waals surface area contributed by atoms with Crippen LogP contribution >= 0.6 is 23.2 Å². The Labute approximate surface area is 132 Å². The second kappa shape index (κ2) is 5.43. The average Bonchev–Trinajstić information content (AvgIpc) is 2.43. The van der Waals surface area contributed by atoms with Gasteiger partial charge >= 0.3 is 0 Å². The molecule has 2 N–H and O–H groups in total. The topological polar surface area (TPSA) is 48.1 Å². The number of nitrogens with zero attached hydrogens (tertiary/aromatic N) is 1. The molecule has 0 aliphatic carbocycles. The highest BCUT2D eigenvalue weighted by molar-refractivity contribution is 6.34. The Hall–Kier alpha value is -1.97. The van der Waals surface area contributed by atoms with E-state index in [0.29, 0.717) is 27.2 Å². The Balaban J connectivity index is 2.15. The highest BCUT2D eigenvalue weighted by atomic mass is 35.5. The molecular weight excluding hydrogens is 307 g/mol. The number of fused-ring (bicyclic) bond motifs is 1. The number of aryl methyl sites for hydroxylation is 1. The standard InChI is InChI=1S/C16H12Cl2N2O/c1-9-6-15(12-8-11(19)3-5-14(12)20-9)21-16-7-10(17)2-4-13(16)18/h2-8H,19H2,1H3. The van der Waals surface area contributed by atoms with Crippen LogP contribution in [-0.2, 0) is 0 Å². The molecule has 3 rings (SSSR count). The molecule has 0 radical (unpaired) electrons. The van der Waals surface area contributed by atoms with Gasteiger partial charge in [0.15, 0.2) is 0 Å². The van der Waals surface area contributed by atoms with Crippen molar-refractivity contribution in [3.05, 3.63) is 58.2 Å². The number of aromatic nitrogens is 1. The van der Waals surface area contributed by atoms with Crippen LogP contribution in [0.5, 0.6) is 11.5 Å². The maximum Gasteiger partial charge on any atom is 0.147 e. The van der Waals surface area contributed by atoms with Crippen LogP contribution in [0.2, 0.25) is 10.0 Å². The van der Waals surface area contributed by atoms with Crippen molar-refractivity contribution in [2.75, 3.05) is 5.73 Å². The predicted octanol–water partition coefficient (Wildman–Crippen LogP) is 5.22. The molecule has 1 heterocycles. The van der Waals surface area contributed by atoms with E-state index in [1.54, 1.807) is 18.2 Å². The van der Waals surface area contributed by atoms with Gasteiger partial charge in [0, 0.05) is 33.9 Å². The molecule has 5 heteroatoms. The van der Waals surface area contributed by atoms with E-state index >= 15 is 0 Å². The zero-order valence-electron chi connectivity index (χ0n) is 11.2. The van der Waals surface area contributed by atoms with Crippen molar-refractivity contribution in [2.45, 2.75) is 6.92 Å². The number of nitrogens with two attached hydrogens (primary N) is 1. The van der Waals surface area contributed by atoms with Gasteiger partial charge in [-0.25, -0.2) is 0 Å². The summed E-state index contributed by atoms with van der Waals surface area (Å²) in [4.78, 5) is 4.46. The van der Waals surface area contributed by atoms with E-state index in [4.69, 9.17) is 33.7 Å². The normalized spacial score (nSPS) is 10.8. The molecule has 3 nitrogen and oxygen atoms in total. The van der Waals surface area contributed by atoms with Crippen molar-refractivity contribution in [2.24, 2.45) is 0 Å². The third-order valence-corrected chi connectivity index (χ3v) is 3.58. The first kappa shape index (κ1) is 14.0. The van der Waals surface area contributed by atoms with Crippen molar-refractivity contribution in [3.8, 4) is 11.5 Å². The van der Waals surface area contributed by atoms with Gasteiger partial charge in [-0.05, 0) is 37.3 Å². The van der Waals surface area contributed by atoms with Crippen LogP contribution in [0.1, 0.15) is 5.69 Å². The van der Waals surface area contributed by atoms with Gasteiger partial charge in [0.2, 0.25) is 0 Å². The van der Waals surface area contributed by atoms with Crippen LogP contribution in [0, 0.1) is 6.92 Å². The molecular formula is C16H12Cl2N2O. The largest absolute Gasteiger partial charge is 0.455 e. The van der Waals surface area contributed by atoms with Gasteiger partial charge in [-0.3, -0.25) is 4.98 Å². The molecule has 0 saturated heterocycles. The summed E-state index contributed by atoms with van der Waals surface area (Å²) in [5, 5.41) is 1.88. The zero-order chi connectivity index (χ0) is 15.0. The van der Waals surface area contributed by atoms with Crippen molar-refractivity contribution in [1.29, 1.82) is 0 Å². The van der Waals surface area contributed by atoms with Crippen molar-refractivity contribution >= 4 is 39.8 Å².